The van der Waals surface area contributed by atoms with E-state index < -0.39 is 17.5 Å². The van der Waals surface area contributed by atoms with Gasteiger partial charge in [0.05, 0.1) is 0 Å². The molecule has 0 N–H and O–H groups in total. The lowest BCUT2D eigenvalue weighted by molar-refractivity contribution is -0.128. The summed E-state index contributed by atoms with van der Waals surface area (Å²) in [6, 6.07) is 16.9. The second-order valence-corrected chi connectivity index (χ2v) is 5.27. The zero-order valence-corrected chi connectivity index (χ0v) is 12.3. The van der Waals surface area contributed by atoms with Crippen molar-refractivity contribution in [3.05, 3.63) is 71.8 Å². The minimum absolute atomic E-state index is 0.521. The first-order valence-corrected chi connectivity index (χ1v) is 6.89. The average molecular weight is 321 g/mol. The lowest BCUT2D eigenvalue weighted by Gasteiger charge is -2.31. The molecule has 1 aliphatic heterocycles. The number of hydrogen-bond acceptors (Lipinski definition) is 2. The molecule has 21 heavy (non-hydrogen) atoms. The number of urea groups is 1. The van der Waals surface area contributed by atoms with E-state index in [1.165, 1.54) is 0 Å². The maximum atomic E-state index is 12.7. The standard InChI is InChI=1S/C15H10Cl2N2O2/c16-18-13(20)15(19(17)14(18)21,11-7-3-1-4-8-11)12-9-5-2-6-10-12/h1-10H. The van der Waals surface area contributed by atoms with Gasteiger partial charge >= 0.3 is 6.03 Å². The van der Waals surface area contributed by atoms with E-state index in [4.69, 9.17) is 23.6 Å². The summed E-state index contributed by atoms with van der Waals surface area (Å²) in [4.78, 5) is 24.7. The van der Waals surface area contributed by atoms with Gasteiger partial charge in [-0.1, -0.05) is 60.7 Å². The smallest absolute Gasteiger partial charge is 0.269 e. The fraction of sp³-hybridized carbons (Fsp3) is 0.0667. The number of imide groups is 1. The highest BCUT2D eigenvalue weighted by atomic mass is 35.5. The number of halogens is 2. The Hall–Kier alpha value is -2.04. The van der Waals surface area contributed by atoms with Gasteiger partial charge in [0.2, 0.25) is 0 Å². The van der Waals surface area contributed by atoms with Crippen LogP contribution in [-0.4, -0.2) is 20.8 Å². The maximum Gasteiger partial charge on any atom is 0.358 e. The Morgan fingerprint density at radius 3 is 1.52 bits per heavy atom. The molecule has 0 atom stereocenters. The van der Waals surface area contributed by atoms with Gasteiger partial charge in [0.1, 0.15) is 0 Å². The van der Waals surface area contributed by atoms with Crippen LogP contribution in [0.15, 0.2) is 60.7 Å². The highest BCUT2D eigenvalue weighted by Crippen LogP contribution is 2.44. The third-order valence-electron chi connectivity index (χ3n) is 3.50. The predicted octanol–water partition coefficient (Wildman–Crippen LogP) is 3.50. The molecule has 3 rings (SSSR count). The molecule has 0 spiro atoms. The highest BCUT2D eigenvalue weighted by molar-refractivity contribution is 6.39. The number of amides is 3. The van der Waals surface area contributed by atoms with Crippen LogP contribution in [0.5, 0.6) is 0 Å². The van der Waals surface area contributed by atoms with Crippen LogP contribution < -0.4 is 0 Å². The molecule has 0 bridgehead atoms. The summed E-state index contributed by atoms with van der Waals surface area (Å²) in [6.45, 7) is 0. The lowest BCUT2D eigenvalue weighted by Crippen LogP contribution is -2.43. The van der Waals surface area contributed by atoms with Gasteiger partial charge < -0.3 is 0 Å². The first-order chi connectivity index (χ1) is 10.1. The van der Waals surface area contributed by atoms with E-state index >= 15 is 0 Å². The minimum atomic E-state index is -1.46. The highest BCUT2D eigenvalue weighted by Gasteiger charge is 2.59. The van der Waals surface area contributed by atoms with Gasteiger partial charge in [-0.15, -0.1) is 0 Å². The van der Waals surface area contributed by atoms with Gasteiger partial charge in [0.15, 0.2) is 5.54 Å². The monoisotopic (exact) mass is 320 g/mol. The van der Waals surface area contributed by atoms with E-state index in [1.54, 1.807) is 48.5 Å². The van der Waals surface area contributed by atoms with Crippen LogP contribution in [0.1, 0.15) is 11.1 Å². The van der Waals surface area contributed by atoms with Crippen molar-refractivity contribution in [3.8, 4) is 0 Å². The van der Waals surface area contributed by atoms with E-state index in [9.17, 15) is 9.59 Å². The second-order valence-electron chi connectivity index (χ2n) is 4.59. The van der Waals surface area contributed by atoms with Crippen LogP contribution in [0.25, 0.3) is 0 Å². The largest absolute Gasteiger partial charge is 0.358 e. The number of carbonyl (C=O) groups is 2. The van der Waals surface area contributed by atoms with Gasteiger partial charge in [-0.3, -0.25) is 4.79 Å². The fourth-order valence-corrected chi connectivity index (χ4v) is 3.11. The minimum Gasteiger partial charge on any atom is -0.269 e. The third kappa shape index (κ3) is 1.83. The number of hydrogen-bond donors (Lipinski definition) is 0. The Kier molecular flexibility index (Phi) is 3.35. The molecule has 0 aromatic heterocycles. The number of nitrogens with zero attached hydrogens (tertiary/aromatic N) is 2. The van der Waals surface area contributed by atoms with E-state index in [2.05, 4.69) is 0 Å². The Morgan fingerprint density at radius 1 is 0.762 bits per heavy atom. The van der Waals surface area contributed by atoms with Crippen LogP contribution >= 0.6 is 23.6 Å². The van der Waals surface area contributed by atoms with Crippen LogP contribution in [0.3, 0.4) is 0 Å². The van der Waals surface area contributed by atoms with E-state index in [-0.39, 0.29) is 0 Å². The lowest BCUT2D eigenvalue weighted by atomic mass is 9.83. The van der Waals surface area contributed by atoms with Gasteiger partial charge in [-0.2, -0.15) is 4.42 Å². The molecule has 2 aromatic carbocycles. The molecule has 1 aliphatic rings. The summed E-state index contributed by atoms with van der Waals surface area (Å²) < 4.78 is 1.37. The molecule has 0 unspecified atom stereocenters. The van der Waals surface area contributed by atoms with Crippen LogP contribution in [-0.2, 0) is 10.3 Å². The molecule has 0 radical (unpaired) electrons. The molecule has 106 valence electrons. The Balaban J connectivity index is 2.32. The normalized spacial score (nSPS) is 17.4. The van der Waals surface area contributed by atoms with Crippen LogP contribution in [0, 0.1) is 0 Å². The molecule has 0 aliphatic carbocycles. The summed E-state index contributed by atoms with van der Waals surface area (Å²) in [7, 11) is 0. The Bertz CT molecular complexity index is 652. The van der Waals surface area contributed by atoms with Crippen molar-refractivity contribution in [1.82, 2.24) is 8.84 Å². The van der Waals surface area contributed by atoms with E-state index in [1.807, 2.05) is 12.1 Å². The molecule has 1 fully saturated rings. The molecular weight excluding hydrogens is 311 g/mol. The summed E-state index contributed by atoms with van der Waals surface area (Å²) in [6.07, 6.45) is 0. The van der Waals surface area contributed by atoms with Crippen molar-refractivity contribution in [2.24, 2.45) is 0 Å². The quantitative estimate of drug-likeness (QED) is 0.627. The zero-order valence-electron chi connectivity index (χ0n) is 10.7. The number of benzene rings is 2. The molecule has 2 aromatic rings. The van der Waals surface area contributed by atoms with E-state index in [0.717, 1.165) is 4.42 Å². The second kappa shape index (κ2) is 5.06. The van der Waals surface area contributed by atoms with Gasteiger partial charge in [0.25, 0.3) is 5.91 Å². The molecule has 0 saturated carbocycles. The van der Waals surface area contributed by atoms with Crippen molar-refractivity contribution < 1.29 is 9.59 Å². The van der Waals surface area contributed by atoms with Gasteiger partial charge in [-0.05, 0) is 11.1 Å². The van der Waals surface area contributed by atoms with Crippen LogP contribution in [0.2, 0.25) is 0 Å². The molecular formula is C15H10Cl2N2O2. The molecule has 3 amide bonds. The third-order valence-corrected chi connectivity index (χ3v) is 4.20. The summed E-state index contributed by atoms with van der Waals surface area (Å²) >= 11 is 12.0. The Labute approximate surface area is 131 Å². The molecule has 4 nitrogen and oxygen atoms in total. The topological polar surface area (TPSA) is 40.6 Å². The molecule has 1 saturated heterocycles. The van der Waals surface area contributed by atoms with Crippen molar-refractivity contribution in [2.45, 2.75) is 5.54 Å². The van der Waals surface area contributed by atoms with Gasteiger partial charge in [0, 0.05) is 23.6 Å². The average Bonchev–Trinajstić information content (AvgIpc) is 2.71. The summed E-state index contributed by atoms with van der Waals surface area (Å²) in [5, 5.41) is 0. The first kappa shape index (κ1) is 13.9. The molecule has 1 heterocycles. The fourth-order valence-electron chi connectivity index (χ4n) is 2.53. The van der Waals surface area contributed by atoms with Crippen molar-refractivity contribution >= 4 is 35.5 Å². The summed E-state index contributed by atoms with van der Waals surface area (Å²) in [5.74, 6) is -0.596. The van der Waals surface area contributed by atoms with Crippen LogP contribution in [0.4, 0.5) is 4.79 Å². The molecule has 6 heteroatoms. The van der Waals surface area contributed by atoms with Crippen molar-refractivity contribution in [2.75, 3.05) is 0 Å². The number of carbonyl (C=O) groups excluding carboxylic acids is 2. The van der Waals surface area contributed by atoms with E-state index in [0.29, 0.717) is 15.5 Å². The van der Waals surface area contributed by atoms with Crippen molar-refractivity contribution in [3.63, 3.8) is 0 Å². The zero-order chi connectivity index (χ0) is 15.0. The van der Waals surface area contributed by atoms with Crippen molar-refractivity contribution in [1.29, 1.82) is 0 Å². The first-order valence-electron chi connectivity index (χ1n) is 6.21. The van der Waals surface area contributed by atoms with Gasteiger partial charge in [-0.25, -0.2) is 9.21 Å². The summed E-state index contributed by atoms with van der Waals surface area (Å²) in [5.41, 5.74) is -0.302. The SMILES string of the molecule is O=C1N(Cl)C(=O)C(c2ccccc2)(c2ccccc2)N1Cl. The Morgan fingerprint density at radius 2 is 1.19 bits per heavy atom. The predicted molar refractivity (Wildman–Crippen MR) is 79.5 cm³/mol. The number of rotatable bonds is 2. The maximum absolute atomic E-state index is 12.7.